The Kier molecular flexibility index (Phi) is 4.53. The zero-order valence-corrected chi connectivity index (χ0v) is 14.9. The van der Waals surface area contributed by atoms with Gasteiger partial charge in [-0.2, -0.15) is 5.10 Å². The van der Waals surface area contributed by atoms with Crippen molar-refractivity contribution in [1.82, 2.24) is 24.6 Å². The average Bonchev–Trinajstić information content (AvgIpc) is 3.10. The first-order valence-corrected chi connectivity index (χ1v) is 8.74. The highest BCUT2D eigenvalue weighted by Crippen LogP contribution is 2.18. The second-order valence-corrected chi connectivity index (χ2v) is 6.37. The number of amides is 1. The van der Waals surface area contributed by atoms with Gasteiger partial charge in [-0.05, 0) is 31.2 Å². The number of benzene rings is 1. The highest BCUT2D eigenvalue weighted by Gasteiger charge is 2.25. The molecule has 0 radical (unpaired) electrons. The number of nitrogens with zero attached hydrogens (tertiary/aromatic N) is 6. The zero-order valence-electron chi connectivity index (χ0n) is 14.9. The van der Waals surface area contributed by atoms with E-state index in [1.165, 1.54) is 12.1 Å². The van der Waals surface area contributed by atoms with Crippen LogP contribution in [0.3, 0.4) is 0 Å². The maximum absolute atomic E-state index is 13.1. The Hall–Kier alpha value is -3.29. The van der Waals surface area contributed by atoms with E-state index >= 15 is 0 Å². The molecule has 0 spiro atoms. The lowest BCUT2D eigenvalue weighted by atomic mass is 10.2. The summed E-state index contributed by atoms with van der Waals surface area (Å²) in [5.41, 5.74) is 2.02. The van der Waals surface area contributed by atoms with E-state index in [4.69, 9.17) is 0 Å². The van der Waals surface area contributed by atoms with Crippen LogP contribution in [0.5, 0.6) is 0 Å². The molecular weight excluding hydrogens is 347 g/mol. The van der Waals surface area contributed by atoms with Crippen molar-refractivity contribution in [2.24, 2.45) is 0 Å². The summed E-state index contributed by atoms with van der Waals surface area (Å²) in [5, 5.41) is 4.31. The summed E-state index contributed by atoms with van der Waals surface area (Å²) in [6, 6.07) is 6.04. The summed E-state index contributed by atoms with van der Waals surface area (Å²) in [6.07, 6.45) is 6.62. The summed E-state index contributed by atoms with van der Waals surface area (Å²) in [7, 11) is 0. The van der Waals surface area contributed by atoms with Gasteiger partial charge in [0.15, 0.2) is 0 Å². The van der Waals surface area contributed by atoms with Gasteiger partial charge in [-0.1, -0.05) is 0 Å². The van der Waals surface area contributed by atoms with Gasteiger partial charge < -0.3 is 9.80 Å². The Morgan fingerprint density at radius 1 is 1.04 bits per heavy atom. The summed E-state index contributed by atoms with van der Waals surface area (Å²) in [4.78, 5) is 25.3. The third kappa shape index (κ3) is 3.38. The second-order valence-electron chi connectivity index (χ2n) is 6.37. The van der Waals surface area contributed by atoms with Crippen LogP contribution in [0.15, 0.2) is 49.1 Å². The summed E-state index contributed by atoms with van der Waals surface area (Å²) in [6.45, 7) is 4.47. The number of hydrogen-bond acceptors (Lipinski definition) is 5. The highest BCUT2D eigenvalue weighted by molar-refractivity contribution is 5.95. The fourth-order valence-corrected chi connectivity index (χ4v) is 3.23. The Morgan fingerprint density at radius 2 is 1.78 bits per heavy atom. The van der Waals surface area contributed by atoms with Crippen LogP contribution in [-0.2, 0) is 0 Å². The first-order valence-electron chi connectivity index (χ1n) is 8.74. The van der Waals surface area contributed by atoms with E-state index in [9.17, 15) is 9.18 Å². The van der Waals surface area contributed by atoms with Gasteiger partial charge in [0.1, 0.15) is 11.6 Å². The average molecular weight is 366 g/mol. The lowest BCUT2D eigenvalue weighted by molar-refractivity contribution is 0.0745. The summed E-state index contributed by atoms with van der Waals surface area (Å²) < 4.78 is 14.8. The molecule has 0 N–H and O–H groups in total. The molecule has 3 aromatic rings. The molecule has 1 saturated heterocycles. The predicted molar refractivity (Wildman–Crippen MR) is 98.4 cm³/mol. The van der Waals surface area contributed by atoms with Crippen molar-refractivity contribution in [3.8, 4) is 5.69 Å². The van der Waals surface area contributed by atoms with Gasteiger partial charge in [-0.3, -0.25) is 9.78 Å². The molecule has 3 heterocycles. The molecule has 8 heteroatoms. The van der Waals surface area contributed by atoms with Crippen LogP contribution in [0.4, 0.5) is 10.2 Å². The predicted octanol–water partition coefficient (Wildman–Crippen LogP) is 2.07. The van der Waals surface area contributed by atoms with Crippen LogP contribution in [0, 0.1) is 12.7 Å². The van der Waals surface area contributed by atoms with Gasteiger partial charge in [0.25, 0.3) is 5.91 Å². The van der Waals surface area contributed by atoms with Gasteiger partial charge in [0.2, 0.25) is 0 Å². The van der Waals surface area contributed by atoms with E-state index in [2.05, 4.69) is 20.0 Å². The van der Waals surface area contributed by atoms with Crippen molar-refractivity contribution in [2.75, 3.05) is 31.1 Å². The van der Waals surface area contributed by atoms with E-state index in [1.54, 1.807) is 41.6 Å². The zero-order chi connectivity index (χ0) is 18.8. The fourth-order valence-electron chi connectivity index (χ4n) is 3.23. The molecule has 27 heavy (non-hydrogen) atoms. The highest BCUT2D eigenvalue weighted by atomic mass is 19.1. The van der Waals surface area contributed by atoms with Gasteiger partial charge in [0.05, 0.1) is 29.3 Å². The molecule has 0 saturated carbocycles. The monoisotopic (exact) mass is 366 g/mol. The first-order chi connectivity index (χ1) is 13.1. The standard InChI is InChI=1S/C19H19FN6O/c1-14-17(12-23-26(14)16-4-2-15(20)3-5-16)19(27)25-10-8-24(9-11-25)18-13-21-6-7-22-18/h2-7,12-13H,8-11H2,1H3. The van der Waals surface area contributed by atoms with E-state index < -0.39 is 0 Å². The largest absolute Gasteiger partial charge is 0.352 e. The Labute approximate surface area is 156 Å². The van der Waals surface area contributed by atoms with E-state index in [-0.39, 0.29) is 11.7 Å². The molecule has 1 aromatic carbocycles. The molecule has 0 atom stereocenters. The number of carbonyl (C=O) groups is 1. The third-order valence-electron chi connectivity index (χ3n) is 4.75. The van der Waals surface area contributed by atoms with E-state index in [0.717, 1.165) is 17.2 Å². The Morgan fingerprint density at radius 3 is 2.44 bits per heavy atom. The molecule has 0 unspecified atom stereocenters. The molecule has 1 aliphatic heterocycles. The smallest absolute Gasteiger partial charge is 0.257 e. The van der Waals surface area contributed by atoms with Gasteiger partial charge in [0, 0.05) is 38.6 Å². The van der Waals surface area contributed by atoms with Crippen molar-refractivity contribution in [3.63, 3.8) is 0 Å². The molecule has 1 amide bonds. The van der Waals surface area contributed by atoms with E-state index in [0.29, 0.717) is 31.7 Å². The first kappa shape index (κ1) is 17.1. The quantitative estimate of drug-likeness (QED) is 0.710. The number of hydrogen-bond donors (Lipinski definition) is 0. The molecule has 1 fully saturated rings. The number of rotatable bonds is 3. The number of aromatic nitrogens is 4. The van der Waals surface area contributed by atoms with Crippen molar-refractivity contribution in [3.05, 3.63) is 66.1 Å². The third-order valence-corrected chi connectivity index (χ3v) is 4.75. The van der Waals surface area contributed by atoms with Gasteiger partial charge in [-0.25, -0.2) is 14.1 Å². The fraction of sp³-hybridized carbons (Fsp3) is 0.263. The molecule has 0 aliphatic carbocycles. The minimum atomic E-state index is -0.305. The second kappa shape index (κ2) is 7.14. The van der Waals surface area contributed by atoms with Crippen molar-refractivity contribution < 1.29 is 9.18 Å². The SMILES string of the molecule is Cc1c(C(=O)N2CCN(c3cnccn3)CC2)cnn1-c1ccc(F)cc1. The van der Waals surface area contributed by atoms with Crippen LogP contribution in [0.25, 0.3) is 5.69 Å². The maximum Gasteiger partial charge on any atom is 0.257 e. The van der Waals surface area contributed by atoms with Gasteiger partial charge >= 0.3 is 0 Å². The van der Waals surface area contributed by atoms with Gasteiger partial charge in [-0.15, -0.1) is 0 Å². The molecule has 0 bridgehead atoms. The minimum Gasteiger partial charge on any atom is -0.352 e. The lowest BCUT2D eigenvalue weighted by Crippen LogP contribution is -2.49. The number of anilines is 1. The van der Waals surface area contributed by atoms with E-state index in [1.807, 2.05) is 11.8 Å². The summed E-state index contributed by atoms with van der Waals surface area (Å²) in [5.74, 6) is 0.477. The van der Waals surface area contributed by atoms with Crippen LogP contribution >= 0.6 is 0 Å². The Bertz CT molecular complexity index is 933. The molecular formula is C19H19FN6O. The molecule has 1 aliphatic rings. The van der Waals surface area contributed by atoms with Crippen LogP contribution < -0.4 is 4.90 Å². The van der Waals surface area contributed by atoms with Crippen LogP contribution in [0.2, 0.25) is 0 Å². The summed E-state index contributed by atoms with van der Waals surface area (Å²) >= 11 is 0. The maximum atomic E-state index is 13.1. The van der Waals surface area contributed by atoms with Crippen LogP contribution in [-0.4, -0.2) is 56.7 Å². The van der Waals surface area contributed by atoms with Crippen LogP contribution in [0.1, 0.15) is 16.1 Å². The Balaban J connectivity index is 1.47. The van der Waals surface area contributed by atoms with Crippen molar-refractivity contribution >= 4 is 11.7 Å². The minimum absolute atomic E-state index is 0.0420. The molecule has 7 nitrogen and oxygen atoms in total. The topological polar surface area (TPSA) is 67.2 Å². The molecule has 138 valence electrons. The molecule has 4 rings (SSSR count). The number of halogens is 1. The molecule has 2 aromatic heterocycles. The van der Waals surface area contributed by atoms with Crippen molar-refractivity contribution in [2.45, 2.75) is 6.92 Å². The number of carbonyl (C=O) groups excluding carboxylic acids is 1. The normalized spacial score (nSPS) is 14.4. The van der Waals surface area contributed by atoms with Crippen molar-refractivity contribution in [1.29, 1.82) is 0 Å². The lowest BCUT2D eigenvalue weighted by Gasteiger charge is -2.35. The number of piperazine rings is 1.